The van der Waals surface area contributed by atoms with Gasteiger partial charge >= 0.3 is 5.69 Å². The molecule has 0 aromatic heterocycles. The summed E-state index contributed by atoms with van der Waals surface area (Å²) in [6.07, 6.45) is 0. The lowest BCUT2D eigenvalue weighted by molar-refractivity contribution is -0.385. The summed E-state index contributed by atoms with van der Waals surface area (Å²) in [5.41, 5.74) is 2.09. The summed E-state index contributed by atoms with van der Waals surface area (Å²) in [4.78, 5) is 22.5. The molecule has 0 saturated carbocycles. The number of carbonyl (C=O) groups excluding carboxylic acids is 1. The molecule has 0 radical (unpaired) electrons. The lowest BCUT2D eigenvalue weighted by Crippen LogP contribution is -2.22. The van der Waals surface area contributed by atoms with Crippen molar-refractivity contribution in [3.8, 4) is 5.75 Å². The normalized spacial score (nSPS) is 10.1. The van der Waals surface area contributed by atoms with Gasteiger partial charge in [0.25, 0.3) is 5.91 Å². The Bertz CT molecular complexity index is 696. The molecule has 2 rings (SSSR count). The van der Waals surface area contributed by atoms with Gasteiger partial charge in [-0.2, -0.15) is 0 Å². The lowest BCUT2D eigenvalue weighted by Gasteiger charge is -2.07. The van der Waals surface area contributed by atoms with Crippen LogP contribution in [-0.2, 0) is 6.54 Å². The van der Waals surface area contributed by atoms with E-state index in [4.69, 9.17) is 4.74 Å². The number of ether oxygens (including phenoxy) is 1. The molecule has 0 unspecified atom stereocenters. The van der Waals surface area contributed by atoms with Gasteiger partial charge in [0.15, 0.2) is 5.75 Å². The van der Waals surface area contributed by atoms with Crippen LogP contribution >= 0.6 is 0 Å². The zero-order valence-electron chi connectivity index (χ0n) is 12.3. The van der Waals surface area contributed by atoms with Crippen molar-refractivity contribution in [1.29, 1.82) is 0 Å². The Balaban J connectivity index is 2.10. The van der Waals surface area contributed by atoms with Crippen LogP contribution in [0.15, 0.2) is 42.5 Å². The monoisotopic (exact) mass is 300 g/mol. The molecule has 6 heteroatoms. The maximum absolute atomic E-state index is 12.1. The number of hydrogen-bond donors (Lipinski definition) is 1. The fourth-order valence-electron chi connectivity index (χ4n) is 1.96. The molecule has 0 atom stereocenters. The van der Waals surface area contributed by atoms with Crippen LogP contribution in [0.5, 0.6) is 5.75 Å². The number of hydrogen-bond acceptors (Lipinski definition) is 4. The number of amides is 1. The number of benzene rings is 2. The highest BCUT2D eigenvalue weighted by atomic mass is 16.6. The predicted molar refractivity (Wildman–Crippen MR) is 82.0 cm³/mol. The molecule has 6 nitrogen and oxygen atoms in total. The van der Waals surface area contributed by atoms with Gasteiger partial charge in [-0.25, -0.2) is 0 Å². The SMILES string of the molecule is COc1ccc(C(=O)NCc2ccc(C)cc2)cc1[N+](=O)[O-]. The molecule has 1 N–H and O–H groups in total. The number of nitrogens with zero attached hydrogens (tertiary/aromatic N) is 1. The average Bonchev–Trinajstić information content (AvgIpc) is 2.53. The summed E-state index contributed by atoms with van der Waals surface area (Å²) in [5.74, 6) is -0.244. The number of nitro benzene ring substituents is 1. The van der Waals surface area contributed by atoms with Gasteiger partial charge in [-0.05, 0) is 24.6 Å². The van der Waals surface area contributed by atoms with Crippen molar-refractivity contribution in [2.24, 2.45) is 0 Å². The molecule has 0 aliphatic heterocycles. The van der Waals surface area contributed by atoms with Crippen LogP contribution in [0.25, 0.3) is 0 Å². The van der Waals surface area contributed by atoms with Crippen molar-refractivity contribution >= 4 is 11.6 Å². The minimum absolute atomic E-state index is 0.125. The number of rotatable bonds is 5. The Kier molecular flexibility index (Phi) is 4.73. The van der Waals surface area contributed by atoms with E-state index < -0.39 is 4.92 Å². The van der Waals surface area contributed by atoms with E-state index in [0.717, 1.165) is 11.1 Å². The zero-order chi connectivity index (χ0) is 16.1. The Morgan fingerprint density at radius 2 is 1.91 bits per heavy atom. The fourth-order valence-corrected chi connectivity index (χ4v) is 1.96. The molecule has 22 heavy (non-hydrogen) atoms. The topological polar surface area (TPSA) is 81.5 Å². The van der Waals surface area contributed by atoms with Gasteiger partial charge < -0.3 is 10.1 Å². The molecule has 0 bridgehead atoms. The second-order valence-electron chi connectivity index (χ2n) is 4.81. The molecular formula is C16H16N2O4. The number of nitrogens with one attached hydrogen (secondary N) is 1. The second kappa shape index (κ2) is 6.71. The van der Waals surface area contributed by atoms with Crippen molar-refractivity contribution in [1.82, 2.24) is 5.32 Å². The van der Waals surface area contributed by atoms with Crippen molar-refractivity contribution < 1.29 is 14.5 Å². The Morgan fingerprint density at radius 1 is 1.23 bits per heavy atom. The van der Waals surface area contributed by atoms with Crippen molar-refractivity contribution in [2.75, 3.05) is 7.11 Å². The largest absolute Gasteiger partial charge is 0.490 e. The van der Waals surface area contributed by atoms with E-state index in [9.17, 15) is 14.9 Å². The zero-order valence-corrected chi connectivity index (χ0v) is 12.3. The molecule has 0 fully saturated rings. The summed E-state index contributed by atoms with van der Waals surface area (Å²) in [6.45, 7) is 2.35. The molecule has 0 aliphatic rings. The number of carbonyl (C=O) groups is 1. The van der Waals surface area contributed by atoms with Crippen LogP contribution in [0.2, 0.25) is 0 Å². The molecule has 0 spiro atoms. The fraction of sp³-hybridized carbons (Fsp3) is 0.188. The van der Waals surface area contributed by atoms with Gasteiger partial charge in [-0.15, -0.1) is 0 Å². The first-order valence-corrected chi connectivity index (χ1v) is 6.67. The van der Waals surface area contributed by atoms with E-state index in [1.165, 1.54) is 25.3 Å². The third kappa shape index (κ3) is 3.60. The first-order valence-electron chi connectivity index (χ1n) is 6.67. The highest BCUT2D eigenvalue weighted by molar-refractivity contribution is 5.95. The Hall–Kier alpha value is -2.89. The Labute approximate surface area is 127 Å². The quantitative estimate of drug-likeness (QED) is 0.680. The Morgan fingerprint density at radius 3 is 2.50 bits per heavy atom. The first kappa shape index (κ1) is 15.5. The summed E-state index contributed by atoms with van der Waals surface area (Å²) < 4.78 is 4.91. The second-order valence-corrected chi connectivity index (χ2v) is 4.81. The highest BCUT2D eigenvalue weighted by Gasteiger charge is 2.17. The molecule has 2 aromatic rings. The lowest BCUT2D eigenvalue weighted by atomic mass is 10.1. The molecule has 1 amide bonds. The van der Waals surface area contributed by atoms with E-state index in [2.05, 4.69) is 5.32 Å². The molecule has 0 heterocycles. The maximum atomic E-state index is 12.1. The average molecular weight is 300 g/mol. The molecular weight excluding hydrogens is 284 g/mol. The maximum Gasteiger partial charge on any atom is 0.311 e. The van der Waals surface area contributed by atoms with E-state index in [0.29, 0.717) is 6.54 Å². The number of nitro groups is 1. The van der Waals surface area contributed by atoms with Gasteiger partial charge in [0.1, 0.15) is 0 Å². The minimum atomic E-state index is -0.574. The van der Waals surface area contributed by atoms with Crippen molar-refractivity contribution in [2.45, 2.75) is 13.5 Å². The van der Waals surface area contributed by atoms with Gasteiger partial charge in [-0.3, -0.25) is 14.9 Å². The van der Waals surface area contributed by atoms with E-state index in [-0.39, 0.29) is 22.9 Å². The van der Waals surface area contributed by atoms with Crippen LogP contribution in [0.1, 0.15) is 21.5 Å². The third-order valence-corrected chi connectivity index (χ3v) is 3.21. The standard InChI is InChI=1S/C16H16N2O4/c1-11-3-5-12(6-4-11)10-17-16(19)13-7-8-15(22-2)14(9-13)18(20)21/h3-9H,10H2,1-2H3,(H,17,19). The molecule has 0 aliphatic carbocycles. The van der Waals surface area contributed by atoms with Gasteiger partial charge in [0.2, 0.25) is 0 Å². The van der Waals surface area contributed by atoms with E-state index in [1.807, 2.05) is 31.2 Å². The molecule has 0 saturated heterocycles. The first-order chi connectivity index (χ1) is 10.5. The summed E-state index contributed by atoms with van der Waals surface area (Å²) in [5, 5.41) is 13.7. The summed E-state index contributed by atoms with van der Waals surface area (Å²) >= 11 is 0. The van der Waals surface area contributed by atoms with Crippen LogP contribution in [0, 0.1) is 17.0 Å². The van der Waals surface area contributed by atoms with Crippen LogP contribution in [-0.4, -0.2) is 17.9 Å². The van der Waals surface area contributed by atoms with E-state index >= 15 is 0 Å². The smallest absolute Gasteiger partial charge is 0.311 e. The summed E-state index contributed by atoms with van der Waals surface area (Å²) in [7, 11) is 1.35. The minimum Gasteiger partial charge on any atom is -0.490 e. The van der Waals surface area contributed by atoms with Gasteiger partial charge in [0.05, 0.1) is 12.0 Å². The molecule has 2 aromatic carbocycles. The van der Waals surface area contributed by atoms with Crippen LogP contribution < -0.4 is 10.1 Å². The highest BCUT2D eigenvalue weighted by Crippen LogP contribution is 2.27. The summed E-state index contributed by atoms with van der Waals surface area (Å²) in [6, 6.07) is 11.9. The number of methoxy groups -OCH3 is 1. The van der Waals surface area contributed by atoms with Gasteiger partial charge in [-0.1, -0.05) is 29.8 Å². The number of aryl methyl sites for hydroxylation is 1. The molecule has 114 valence electrons. The van der Waals surface area contributed by atoms with E-state index in [1.54, 1.807) is 0 Å². The predicted octanol–water partition coefficient (Wildman–Crippen LogP) is 2.84. The van der Waals surface area contributed by atoms with Crippen molar-refractivity contribution in [3.05, 3.63) is 69.3 Å². The van der Waals surface area contributed by atoms with Crippen LogP contribution in [0.3, 0.4) is 0 Å². The van der Waals surface area contributed by atoms with Crippen LogP contribution in [0.4, 0.5) is 5.69 Å². The van der Waals surface area contributed by atoms with Gasteiger partial charge in [0, 0.05) is 18.2 Å². The van der Waals surface area contributed by atoms with Crippen molar-refractivity contribution in [3.63, 3.8) is 0 Å². The third-order valence-electron chi connectivity index (χ3n) is 3.21.